The molecule has 2 aromatic heterocycles. The number of halogens is 1. The summed E-state index contributed by atoms with van der Waals surface area (Å²) in [4.78, 5) is 6.55. The Bertz CT molecular complexity index is 644. The molecular weight excluding hydrogens is 307 g/mol. The molecule has 0 aromatic carbocycles. The Morgan fingerprint density at radius 2 is 2.21 bits per heavy atom. The van der Waals surface area contributed by atoms with Crippen LogP contribution in [-0.4, -0.2) is 42.8 Å². The van der Waals surface area contributed by atoms with Gasteiger partial charge in [0.1, 0.15) is 18.1 Å². The molecular formula is C19H25FN2O2. The van der Waals surface area contributed by atoms with Gasteiger partial charge < -0.3 is 9.15 Å². The van der Waals surface area contributed by atoms with E-state index in [0.29, 0.717) is 19.1 Å². The molecule has 0 spiro atoms. The Labute approximate surface area is 142 Å². The second kappa shape index (κ2) is 8.29. The predicted octanol–water partition coefficient (Wildman–Crippen LogP) is 4.11. The van der Waals surface area contributed by atoms with Gasteiger partial charge in [-0.1, -0.05) is 6.42 Å². The summed E-state index contributed by atoms with van der Waals surface area (Å²) in [5.74, 6) is 1.57. The Morgan fingerprint density at radius 3 is 2.96 bits per heavy atom. The second-order valence-electron chi connectivity index (χ2n) is 6.46. The average Bonchev–Trinajstić information content (AvgIpc) is 3.07. The van der Waals surface area contributed by atoms with E-state index in [2.05, 4.69) is 16.9 Å². The van der Waals surface area contributed by atoms with Crippen molar-refractivity contribution in [2.24, 2.45) is 0 Å². The lowest BCUT2D eigenvalue weighted by molar-refractivity contribution is 0.0767. The SMILES string of the molecule is CN1CCC1COc1cncc(-c2cc(CCCCCF)co2)c1. The van der Waals surface area contributed by atoms with Crippen LogP contribution in [0.2, 0.25) is 0 Å². The molecule has 1 unspecified atom stereocenters. The maximum absolute atomic E-state index is 12.1. The number of furan rings is 1. The Morgan fingerprint density at radius 1 is 1.29 bits per heavy atom. The lowest BCUT2D eigenvalue weighted by Crippen LogP contribution is -2.48. The highest BCUT2D eigenvalue weighted by Gasteiger charge is 2.24. The third-order valence-electron chi connectivity index (χ3n) is 4.63. The number of aryl methyl sites for hydroxylation is 1. The van der Waals surface area contributed by atoms with Crippen molar-refractivity contribution < 1.29 is 13.5 Å². The summed E-state index contributed by atoms with van der Waals surface area (Å²) in [6.07, 6.45) is 9.95. The molecule has 0 N–H and O–H groups in total. The van der Waals surface area contributed by atoms with Crippen molar-refractivity contribution in [1.29, 1.82) is 0 Å². The van der Waals surface area contributed by atoms with Crippen molar-refractivity contribution in [2.45, 2.75) is 38.1 Å². The van der Waals surface area contributed by atoms with Crippen LogP contribution in [0.5, 0.6) is 5.75 Å². The number of aromatic nitrogens is 1. The highest BCUT2D eigenvalue weighted by atomic mass is 19.1. The second-order valence-corrected chi connectivity index (χ2v) is 6.46. The van der Waals surface area contributed by atoms with E-state index in [9.17, 15) is 4.39 Å². The van der Waals surface area contributed by atoms with Gasteiger partial charge in [0, 0.05) is 17.8 Å². The molecule has 0 saturated carbocycles. The number of unbranched alkanes of at least 4 members (excludes halogenated alkanes) is 2. The summed E-state index contributed by atoms with van der Waals surface area (Å²) in [5.41, 5.74) is 2.07. The van der Waals surface area contributed by atoms with Gasteiger partial charge in [0.25, 0.3) is 0 Å². The summed E-state index contributed by atoms with van der Waals surface area (Å²) >= 11 is 0. The van der Waals surface area contributed by atoms with Gasteiger partial charge >= 0.3 is 0 Å². The van der Waals surface area contributed by atoms with E-state index in [4.69, 9.17) is 9.15 Å². The van der Waals surface area contributed by atoms with Crippen LogP contribution in [0.15, 0.2) is 35.2 Å². The normalized spacial score (nSPS) is 17.7. The molecule has 0 bridgehead atoms. The first-order chi connectivity index (χ1) is 11.8. The van der Waals surface area contributed by atoms with E-state index < -0.39 is 0 Å². The average molecular weight is 332 g/mol. The van der Waals surface area contributed by atoms with Gasteiger partial charge in [-0.05, 0) is 57.0 Å². The van der Waals surface area contributed by atoms with Gasteiger partial charge in [-0.2, -0.15) is 0 Å². The number of pyridine rings is 1. The number of alkyl halides is 1. The van der Waals surface area contributed by atoms with Gasteiger partial charge in [-0.3, -0.25) is 14.3 Å². The fourth-order valence-corrected chi connectivity index (χ4v) is 2.86. The first-order valence-corrected chi connectivity index (χ1v) is 8.68. The van der Waals surface area contributed by atoms with Crippen molar-refractivity contribution in [2.75, 3.05) is 26.9 Å². The zero-order valence-corrected chi connectivity index (χ0v) is 14.2. The molecule has 1 saturated heterocycles. The minimum Gasteiger partial charge on any atom is -0.490 e. The number of ether oxygens (including phenoxy) is 1. The highest BCUT2D eigenvalue weighted by Crippen LogP contribution is 2.26. The maximum atomic E-state index is 12.1. The van der Waals surface area contributed by atoms with Crippen LogP contribution in [0, 0.1) is 0 Å². The molecule has 3 rings (SSSR count). The first kappa shape index (κ1) is 17.0. The number of likely N-dealkylation sites (tertiary alicyclic amines) is 1. The van der Waals surface area contributed by atoms with Gasteiger partial charge in [0.05, 0.1) is 19.1 Å². The molecule has 1 aliphatic heterocycles. The number of hydrogen-bond donors (Lipinski definition) is 0. The van der Waals surface area contributed by atoms with Crippen LogP contribution in [0.1, 0.15) is 31.2 Å². The molecule has 0 aliphatic carbocycles. The van der Waals surface area contributed by atoms with E-state index in [1.165, 1.54) is 6.42 Å². The summed E-state index contributed by atoms with van der Waals surface area (Å²) < 4.78 is 23.6. The lowest BCUT2D eigenvalue weighted by Gasteiger charge is -2.37. The van der Waals surface area contributed by atoms with Crippen molar-refractivity contribution >= 4 is 0 Å². The van der Waals surface area contributed by atoms with Crippen LogP contribution in [-0.2, 0) is 6.42 Å². The fourth-order valence-electron chi connectivity index (χ4n) is 2.86. The molecule has 3 heterocycles. The number of nitrogens with zero attached hydrogens (tertiary/aromatic N) is 2. The van der Waals surface area contributed by atoms with E-state index in [1.54, 1.807) is 18.7 Å². The first-order valence-electron chi connectivity index (χ1n) is 8.68. The summed E-state index contributed by atoms with van der Waals surface area (Å²) in [5, 5.41) is 0. The molecule has 4 nitrogen and oxygen atoms in total. The van der Waals surface area contributed by atoms with Crippen molar-refractivity contribution in [3.05, 3.63) is 36.4 Å². The fraction of sp³-hybridized carbons (Fsp3) is 0.526. The molecule has 0 radical (unpaired) electrons. The number of rotatable bonds is 9. The van der Waals surface area contributed by atoms with Crippen LogP contribution in [0.3, 0.4) is 0 Å². The topological polar surface area (TPSA) is 38.5 Å². The monoisotopic (exact) mass is 332 g/mol. The van der Waals surface area contributed by atoms with Crippen LogP contribution in [0.4, 0.5) is 4.39 Å². The minimum absolute atomic E-state index is 0.230. The zero-order valence-electron chi connectivity index (χ0n) is 14.2. The molecule has 24 heavy (non-hydrogen) atoms. The Kier molecular flexibility index (Phi) is 5.86. The lowest BCUT2D eigenvalue weighted by atomic mass is 10.1. The van der Waals surface area contributed by atoms with E-state index in [0.717, 1.165) is 48.4 Å². The molecule has 1 fully saturated rings. The van der Waals surface area contributed by atoms with Crippen LogP contribution < -0.4 is 4.74 Å². The molecule has 130 valence electrons. The summed E-state index contributed by atoms with van der Waals surface area (Å²) in [6, 6.07) is 4.51. The van der Waals surface area contributed by atoms with Crippen molar-refractivity contribution in [3.63, 3.8) is 0 Å². The largest absolute Gasteiger partial charge is 0.490 e. The maximum Gasteiger partial charge on any atom is 0.138 e. The summed E-state index contributed by atoms with van der Waals surface area (Å²) in [7, 11) is 2.12. The van der Waals surface area contributed by atoms with E-state index >= 15 is 0 Å². The Hall–Kier alpha value is -1.88. The standard InChI is InChI=1S/C19H25FN2O2/c1-22-8-6-17(22)14-23-18-10-16(11-21-12-18)19-9-15(13-24-19)5-3-2-4-7-20/h9-13,17H,2-8,14H2,1H3. The van der Waals surface area contributed by atoms with Crippen LogP contribution >= 0.6 is 0 Å². The number of hydrogen-bond acceptors (Lipinski definition) is 4. The molecule has 2 aromatic rings. The van der Waals surface area contributed by atoms with Gasteiger partial charge in [0.15, 0.2) is 0 Å². The number of likely N-dealkylation sites (N-methyl/N-ethyl adjacent to an activating group) is 1. The zero-order chi connectivity index (χ0) is 16.8. The molecule has 1 aliphatic rings. The quantitative estimate of drug-likeness (QED) is 0.648. The highest BCUT2D eigenvalue weighted by molar-refractivity contribution is 5.58. The van der Waals surface area contributed by atoms with Crippen molar-refractivity contribution in [1.82, 2.24) is 9.88 Å². The van der Waals surface area contributed by atoms with E-state index in [-0.39, 0.29) is 6.67 Å². The molecule has 0 amide bonds. The van der Waals surface area contributed by atoms with Gasteiger partial charge in [-0.25, -0.2) is 0 Å². The third kappa shape index (κ3) is 4.35. The van der Waals surface area contributed by atoms with Gasteiger partial charge in [0.2, 0.25) is 0 Å². The minimum atomic E-state index is -0.230. The molecule has 5 heteroatoms. The third-order valence-corrected chi connectivity index (χ3v) is 4.63. The van der Waals surface area contributed by atoms with Crippen LogP contribution in [0.25, 0.3) is 11.3 Å². The Balaban J connectivity index is 1.56. The summed E-state index contributed by atoms with van der Waals surface area (Å²) in [6.45, 7) is 1.61. The smallest absolute Gasteiger partial charge is 0.138 e. The van der Waals surface area contributed by atoms with E-state index in [1.807, 2.05) is 12.1 Å². The molecule has 1 atom stereocenters. The van der Waals surface area contributed by atoms with Crippen molar-refractivity contribution in [3.8, 4) is 17.1 Å². The predicted molar refractivity (Wildman–Crippen MR) is 92.0 cm³/mol. The van der Waals surface area contributed by atoms with Gasteiger partial charge in [-0.15, -0.1) is 0 Å².